The molecular formula is C19H24N6O. The molecule has 2 N–H and O–H groups in total. The lowest BCUT2D eigenvalue weighted by Gasteiger charge is -2.12. The number of rotatable bonds is 8. The largest absolute Gasteiger partial charge is 0.492 e. The minimum Gasteiger partial charge on any atom is -0.492 e. The van der Waals surface area contributed by atoms with Gasteiger partial charge in [-0.2, -0.15) is 0 Å². The van der Waals surface area contributed by atoms with E-state index >= 15 is 0 Å². The molecule has 2 aromatic heterocycles. The normalized spacial score (nSPS) is 11.5. The number of hydrogen-bond acceptors (Lipinski definition) is 4. The molecular weight excluding hydrogens is 328 g/mol. The Hall–Kier alpha value is -3.09. The first-order valence-corrected chi connectivity index (χ1v) is 8.85. The van der Waals surface area contributed by atoms with E-state index in [2.05, 4.69) is 25.8 Å². The fourth-order valence-electron chi connectivity index (χ4n) is 2.53. The Morgan fingerprint density at radius 2 is 1.92 bits per heavy atom. The van der Waals surface area contributed by atoms with E-state index in [9.17, 15) is 0 Å². The second-order valence-corrected chi connectivity index (χ2v) is 5.64. The number of nitrogens with one attached hydrogen (secondary N) is 2. The monoisotopic (exact) mass is 352 g/mol. The fourth-order valence-corrected chi connectivity index (χ4v) is 2.53. The highest BCUT2D eigenvalue weighted by Crippen LogP contribution is 2.07. The van der Waals surface area contributed by atoms with Crippen molar-refractivity contribution in [2.75, 3.05) is 26.2 Å². The Bertz CT molecular complexity index is 830. The molecule has 0 spiro atoms. The van der Waals surface area contributed by atoms with Gasteiger partial charge < -0.3 is 15.4 Å². The number of guanidine groups is 1. The maximum absolute atomic E-state index is 5.68. The van der Waals surface area contributed by atoms with Crippen molar-refractivity contribution in [1.82, 2.24) is 25.2 Å². The molecule has 136 valence electrons. The third kappa shape index (κ3) is 4.95. The van der Waals surface area contributed by atoms with Crippen LogP contribution in [0.25, 0.3) is 5.65 Å². The molecule has 0 saturated heterocycles. The summed E-state index contributed by atoms with van der Waals surface area (Å²) in [5.41, 5.74) is 0.856. The van der Waals surface area contributed by atoms with Crippen molar-refractivity contribution in [3.8, 4) is 5.75 Å². The van der Waals surface area contributed by atoms with Gasteiger partial charge in [-0.25, -0.2) is 0 Å². The average molecular weight is 352 g/mol. The van der Waals surface area contributed by atoms with Gasteiger partial charge >= 0.3 is 0 Å². The average Bonchev–Trinajstić information content (AvgIpc) is 3.09. The van der Waals surface area contributed by atoms with Crippen molar-refractivity contribution < 1.29 is 4.74 Å². The first-order valence-electron chi connectivity index (χ1n) is 8.85. The van der Waals surface area contributed by atoms with Crippen molar-refractivity contribution in [2.24, 2.45) is 4.99 Å². The Balaban J connectivity index is 1.47. The van der Waals surface area contributed by atoms with Crippen molar-refractivity contribution >= 4 is 11.6 Å². The van der Waals surface area contributed by atoms with Gasteiger partial charge in [0.05, 0.1) is 6.54 Å². The van der Waals surface area contributed by atoms with E-state index < -0.39 is 0 Å². The Kier molecular flexibility index (Phi) is 6.41. The quantitative estimate of drug-likeness (QED) is 0.368. The first-order chi connectivity index (χ1) is 12.9. The lowest BCUT2D eigenvalue weighted by Crippen LogP contribution is -2.39. The number of pyridine rings is 1. The third-order valence-corrected chi connectivity index (χ3v) is 3.74. The third-order valence-electron chi connectivity index (χ3n) is 3.74. The molecule has 0 radical (unpaired) electrons. The molecule has 3 rings (SSSR count). The number of fused-ring (bicyclic) bond motifs is 1. The summed E-state index contributed by atoms with van der Waals surface area (Å²) in [6, 6.07) is 15.7. The predicted molar refractivity (Wildman–Crippen MR) is 103 cm³/mol. The van der Waals surface area contributed by atoms with E-state index in [1.54, 1.807) is 0 Å². The van der Waals surface area contributed by atoms with Crippen LogP contribution in [0.1, 0.15) is 12.7 Å². The van der Waals surface area contributed by atoms with Crippen molar-refractivity contribution in [3.63, 3.8) is 0 Å². The lowest BCUT2D eigenvalue weighted by molar-refractivity contribution is 0.322. The van der Waals surface area contributed by atoms with Crippen LogP contribution in [0.4, 0.5) is 0 Å². The van der Waals surface area contributed by atoms with Crippen LogP contribution in [0, 0.1) is 0 Å². The minimum atomic E-state index is 0.573. The van der Waals surface area contributed by atoms with Crippen molar-refractivity contribution in [3.05, 3.63) is 60.6 Å². The zero-order chi connectivity index (χ0) is 18.0. The summed E-state index contributed by atoms with van der Waals surface area (Å²) < 4.78 is 7.67. The maximum Gasteiger partial charge on any atom is 0.191 e. The van der Waals surface area contributed by atoms with Crippen LogP contribution in [-0.2, 0) is 6.42 Å². The zero-order valence-electron chi connectivity index (χ0n) is 14.9. The van der Waals surface area contributed by atoms with Gasteiger partial charge in [-0.3, -0.25) is 9.39 Å². The second-order valence-electron chi connectivity index (χ2n) is 5.64. The van der Waals surface area contributed by atoms with Crippen LogP contribution in [0.2, 0.25) is 0 Å². The highest BCUT2D eigenvalue weighted by Gasteiger charge is 2.04. The lowest BCUT2D eigenvalue weighted by atomic mass is 10.3. The van der Waals surface area contributed by atoms with Gasteiger partial charge in [0.2, 0.25) is 0 Å². The van der Waals surface area contributed by atoms with Crippen LogP contribution < -0.4 is 15.4 Å². The number of ether oxygens (including phenoxy) is 1. The molecule has 0 aliphatic heterocycles. The predicted octanol–water partition coefficient (Wildman–Crippen LogP) is 1.91. The van der Waals surface area contributed by atoms with Gasteiger partial charge in [0, 0.05) is 25.7 Å². The van der Waals surface area contributed by atoms with Gasteiger partial charge in [-0.15, -0.1) is 10.2 Å². The molecule has 0 aliphatic carbocycles. The minimum absolute atomic E-state index is 0.573. The highest BCUT2D eigenvalue weighted by atomic mass is 16.5. The standard InChI is InChI=1S/C19H24N6O/c1-2-20-19(22-13-15-26-16-8-4-3-5-9-16)21-12-11-18-24-23-17-10-6-7-14-25(17)18/h3-10,14H,2,11-13,15H2,1H3,(H2,20,21,22). The van der Waals surface area contributed by atoms with Crippen molar-refractivity contribution in [1.29, 1.82) is 0 Å². The Labute approximate surface area is 153 Å². The Morgan fingerprint density at radius 1 is 1.08 bits per heavy atom. The molecule has 0 fully saturated rings. The summed E-state index contributed by atoms with van der Waals surface area (Å²) in [5.74, 6) is 2.56. The molecule has 7 heteroatoms. The summed E-state index contributed by atoms with van der Waals surface area (Å²) in [5, 5.41) is 14.9. The molecule has 2 heterocycles. The summed E-state index contributed by atoms with van der Waals surface area (Å²) >= 11 is 0. The molecule has 0 atom stereocenters. The van der Waals surface area contributed by atoms with E-state index in [4.69, 9.17) is 4.74 Å². The van der Waals surface area contributed by atoms with Crippen LogP contribution in [0.5, 0.6) is 5.75 Å². The van der Waals surface area contributed by atoms with Crippen LogP contribution in [0.3, 0.4) is 0 Å². The van der Waals surface area contributed by atoms with E-state index in [0.717, 1.165) is 36.1 Å². The number of nitrogens with zero attached hydrogens (tertiary/aromatic N) is 4. The summed E-state index contributed by atoms with van der Waals surface area (Å²) in [6.07, 6.45) is 2.70. The molecule has 3 aromatic rings. The van der Waals surface area contributed by atoms with E-state index in [1.807, 2.05) is 66.1 Å². The fraction of sp³-hybridized carbons (Fsp3) is 0.316. The van der Waals surface area contributed by atoms with E-state index in [1.165, 1.54) is 0 Å². The molecule has 0 saturated carbocycles. The number of aliphatic imine (C=N–C) groups is 1. The number of hydrogen-bond donors (Lipinski definition) is 2. The van der Waals surface area contributed by atoms with Crippen LogP contribution in [-0.4, -0.2) is 46.8 Å². The number of benzene rings is 1. The van der Waals surface area contributed by atoms with Crippen LogP contribution in [0.15, 0.2) is 59.7 Å². The molecule has 1 aromatic carbocycles. The molecule has 26 heavy (non-hydrogen) atoms. The van der Waals surface area contributed by atoms with Gasteiger partial charge in [-0.05, 0) is 31.2 Å². The molecule has 0 unspecified atom stereocenters. The SMILES string of the molecule is CCNC(=NCCc1nnc2ccccn12)NCCOc1ccccc1. The zero-order valence-corrected chi connectivity index (χ0v) is 14.9. The van der Waals surface area contributed by atoms with E-state index in [-0.39, 0.29) is 0 Å². The second kappa shape index (κ2) is 9.41. The first kappa shape index (κ1) is 17.7. The molecule has 0 aliphatic rings. The van der Waals surface area contributed by atoms with Gasteiger partial charge in [0.15, 0.2) is 11.6 Å². The van der Waals surface area contributed by atoms with Gasteiger partial charge in [-0.1, -0.05) is 24.3 Å². The maximum atomic E-state index is 5.68. The molecule has 7 nitrogen and oxygen atoms in total. The topological polar surface area (TPSA) is 75.8 Å². The molecule has 0 amide bonds. The summed E-state index contributed by atoms with van der Waals surface area (Å²) in [7, 11) is 0. The van der Waals surface area contributed by atoms with Gasteiger partial charge in [0.25, 0.3) is 0 Å². The van der Waals surface area contributed by atoms with E-state index in [0.29, 0.717) is 19.7 Å². The highest BCUT2D eigenvalue weighted by molar-refractivity contribution is 5.79. The number of para-hydroxylation sites is 1. The smallest absolute Gasteiger partial charge is 0.191 e. The summed E-state index contributed by atoms with van der Waals surface area (Å²) in [4.78, 5) is 4.60. The number of aromatic nitrogens is 3. The summed E-state index contributed by atoms with van der Waals surface area (Å²) in [6.45, 7) is 4.73. The molecule has 0 bridgehead atoms. The van der Waals surface area contributed by atoms with Gasteiger partial charge in [0.1, 0.15) is 18.2 Å². The van der Waals surface area contributed by atoms with Crippen LogP contribution >= 0.6 is 0 Å². The Morgan fingerprint density at radius 3 is 2.77 bits per heavy atom. The van der Waals surface area contributed by atoms with Crippen molar-refractivity contribution in [2.45, 2.75) is 13.3 Å².